The van der Waals surface area contributed by atoms with E-state index in [1.165, 1.54) is 30.6 Å². The van der Waals surface area contributed by atoms with Crippen LogP contribution in [0.15, 0.2) is 67.0 Å². The quantitative estimate of drug-likeness (QED) is 0.266. The molecule has 0 saturated carbocycles. The molecule has 36 heavy (non-hydrogen) atoms. The number of benzene rings is 2. The predicted molar refractivity (Wildman–Crippen MR) is 137 cm³/mol. The fourth-order valence-corrected chi connectivity index (χ4v) is 4.93. The van der Waals surface area contributed by atoms with Crippen molar-refractivity contribution in [2.24, 2.45) is 5.92 Å². The van der Waals surface area contributed by atoms with Crippen molar-refractivity contribution in [1.82, 2.24) is 19.4 Å². The van der Waals surface area contributed by atoms with Crippen LogP contribution in [0.1, 0.15) is 24.2 Å². The molecule has 0 radical (unpaired) electrons. The standard InChI is InChI=1S/C27H29FN6O2/c28-22-7-5-21(6-8-22)19-33-25-4-2-1-3-23(25)31-27(33)17-20-10-14-32(15-11-20)16-13-30-24-18-29-12-9-26(24)34(35)36/h1-9,12,18,20,30H,10-11,13-17,19H2. The topological polar surface area (TPSA) is 89.1 Å². The molecule has 2 aromatic carbocycles. The Hall–Kier alpha value is -3.85. The molecule has 3 heterocycles. The van der Waals surface area contributed by atoms with Gasteiger partial charge in [0.05, 0.1) is 22.2 Å². The van der Waals surface area contributed by atoms with Gasteiger partial charge < -0.3 is 14.8 Å². The molecular weight excluding hydrogens is 459 g/mol. The Bertz CT molecular complexity index is 1330. The van der Waals surface area contributed by atoms with E-state index in [2.05, 4.69) is 25.8 Å². The summed E-state index contributed by atoms with van der Waals surface area (Å²) in [5, 5.41) is 14.3. The maximum absolute atomic E-state index is 13.4. The molecule has 1 saturated heterocycles. The van der Waals surface area contributed by atoms with Crippen LogP contribution in [-0.2, 0) is 13.0 Å². The van der Waals surface area contributed by atoms with E-state index in [1.807, 2.05) is 30.3 Å². The molecule has 1 fully saturated rings. The van der Waals surface area contributed by atoms with Crippen molar-refractivity contribution < 1.29 is 9.31 Å². The van der Waals surface area contributed by atoms with Gasteiger partial charge in [0.25, 0.3) is 5.69 Å². The third-order valence-electron chi connectivity index (χ3n) is 6.90. The molecular formula is C27H29FN6O2. The van der Waals surface area contributed by atoms with E-state index in [-0.39, 0.29) is 16.4 Å². The second-order valence-corrected chi connectivity index (χ2v) is 9.30. The van der Waals surface area contributed by atoms with Crippen molar-refractivity contribution >= 4 is 22.4 Å². The number of imidazole rings is 1. The van der Waals surface area contributed by atoms with Gasteiger partial charge in [-0.2, -0.15) is 0 Å². The van der Waals surface area contributed by atoms with Crippen molar-refractivity contribution in [3.05, 3.63) is 94.3 Å². The molecule has 1 aliphatic heterocycles. The first-order valence-corrected chi connectivity index (χ1v) is 12.3. The van der Waals surface area contributed by atoms with Gasteiger partial charge in [-0.15, -0.1) is 0 Å². The maximum atomic E-state index is 13.4. The normalized spacial score (nSPS) is 14.8. The summed E-state index contributed by atoms with van der Waals surface area (Å²) in [6.45, 7) is 4.09. The molecule has 1 aliphatic rings. The molecule has 186 valence electrons. The second-order valence-electron chi connectivity index (χ2n) is 9.30. The van der Waals surface area contributed by atoms with Gasteiger partial charge in [0.1, 0.15) is 17.3 Å². The first kappa shape index (κ1) is 23.9. The molecule has 5 rings (SSSR count). The lowest BCUT2D eigenvalue weighted by Crippen LogP contribution is -2.37. The fraction of sp³-hybridized carbons (Fsp3) is 0.333. The molecule has 9 heteroatoms. The van der Waals surface area contributed by atoms with E-state index in [0.29, 0.717) is 24.7 Å². The van der Waals surface area contributed by atoms with Crippen LogP contribution >= 0.6 is 0 Å². The van der Waals surface area contributed by atoms with Crippen LogP contribution in [0.5, 0.6) is 0 Å². The van der Waals surface area contributed by atoms with Crippen LogP contribution in [0.4, 0.5) is 15.8 Å². The van der Waals surface area contributed by atoms with E-state index in [1.54, 1.807) is 0 Å². The van der Waals surface area contributed by atoms with Gasteiger partial charge in [0.15, 0.2) is 0 Å². The first-order valence-electron chi connectivity index (χ1n) is 12.3. The van der Waals surface area contributed by atoms with Crippen LogP contribution in [0.25, 0.3) is 11.0 Å². The number of aromatic nitrogens is 3. The maximum Gasteiger partial charge on any atom is 0.295 e. The Kier molecular flexibility index (Phi) is 7.18. The largest absolute Gasteiger partial charge is 0.377 e. The van der Waals surface area contributed by atoms with Crippen molar-refractivity contribution in [3.8, 4) is 0 Å². The Balaban J connectivity index is 1.18. The number of anilines is 1. The molecule has 0 amide bonds. The molecule has 0 bridgehead atoms. The summed E-state index contributed by atoms with van der Waals surface area (Å²) in [5.41, 5.74) is 3.65. The van der Waals surface area contributed by atoms with Crippen LogP contribution in [-0.4, -0.2) is 50.5 Å². The molecule has 0 spiro atoms. The number of nitrogens with zero attached hydrogens (tertiary/aromatic N) is 5. The summed E-state index contributed by atoms with van der Waals surface area (Å²) < 4.78 is 15.7. The second kappa shape index (κ2) is 10.8. The van der Waals surface area contributed by atoms with Gasteiger partial charge in [0.2, 0.25) is 0 Å². The van der Waals surface area contributed by atoms with Gasteiger partial charge >= 0.3 is 0 Å². The number of likely N-dealkylation sites (tertiary alicyclic amines) is 1. The van der Waals surface area contributed by atoms with Crippen LogP contribution in [0.2, 0.25) is 0 Å². The number of nitro groups is 1. The average Bonchev–Trinajstić information content (AvgIpc) is 3.23. The number of fused-ring (bicyclic) bond motifs is 1. The molecule has 0 atom stereocenters. The van der Waals surface area contributed by atoms with Crippen molar-refractivity contribution in [1.29, 1.82) is 0 Å². The zero-order valence-corrected chi connectivity index (χ0v) is 20.0. The van der Waals surface area contributed by atoms with E-state index in [0.717, 1.165) is 61.3 Å². The van der Waals surface area contributed by atoms with Crippen molar-refractivity contribution in [3.63, 3.8) is 0 Å². The van der Waals surface area contributed by atoms with Crippen molar-refractivity contribution in [2.45, 2.75) is 25.8 Å². The predicted octanol–water partition coefficient (Wildman–Crippen LogP) is 4.89. The summed E-state index contributed by atoms with van der Waals surface area (Å²) in [6.07, 6.45) is 5.99. The van der Waals surface area contributed by atoms with E-state index in [4.69, 9.17) is 4.98 Å². The fourth-order valence-electron chi connectivity index (χ4n) is 4.93. The minimum absolute atomic E-state index is 0.0484. The highest BCUT2D eigenvalue weighted by molar-refractivity contribution is 5.76. The minimum atomic E-state index is -0.390. The highest BCUT2D eigenvalue weighted by atomic mass is 19.1. The van der Waals surface area contributed by atoms with E-state index >= 15 is 0 Å². The molecule has 8 nitrogen and oxygen atoms in total. The van der Waals surface area contributed by atoms with Crippen LogP contribution in [0, 0.1) is 21.8 Å². The van der Waals surface area contributed by atoms with Crippen molar-refractivity contribution in [2.75, 3.05) is 31.5 Å². The first-order chi connectivity index (χ1) is 17.6. The van der Waals surface area contributed by atoms with Crippen LogP contribution in [0.3, 0.4) is 0 Å². The summed E-state index contributed by atoms with van der Waals surface area (Å²) in [6, 6.07) is 16.3. The summed E-state index contributed by atoms with van der Waals surface area (Å²) in [5.74, 6) is 1.39. The lowest BCUT2D eigenvalue weighted by atomic mass is 9.93. The van der Waals surface area contributed by atoms with Gasteiger partial charge in [0, 0.05) is 38.3 Å². The highest BCUT2D eigenvalue weighted by Gasteiger charge is 2.22. The van der Waals surface area contributed by atoms with Crippen LogP contribution < -0.4 is 5.32 Å². The molecule has 4 aromatic rings. The lowest BCUT2D eigenvalue weighted by molar-refractivity contribution is -0.384. The lowest BCUT2D eigenvalue weighted by Gasteiger charge is -2.32. The van der Waals surface area contributed by atoms with Gasteiger partial charge in [-0.1, -0.05) is 24.3 Å². The number of halogens is 1. The van der Waals surface area contributed by atoms with Gasteiger partial charge in [-0.3, -0.25) is 15.1 Å². The number of para-hydroxylation sites is 2. The molecule has 1 N–H and O–H groups in total. The summed E-state index contributed by atoms with van der Waals surface area (Å²) in [4.78, 5) is 22.1. The summed E-state index contributed by atoms with van der Waals surface area (Å²) in [7, 11) is 0. The molecule has 2 aromatic heterocycles. The number of rotatable bonds is 9. The third-order valence-corrected chi connectivity index (χ3v) is 6.90. The monoisotopic (exact) mass is 488 g/mol. The van der Waals surface area contributed by atoms with Gasteiger partial charge in [-0.05, 0) is 61.7 Å². The number of pyridine rings is 1. The molecule has 0 aliphatic carbocycles. The molecule has 0 unspecified atom stereocenters. The number of hydrogen-bond donors (Lipinski definition) is 1. The van der Waals surface area contributed by atoms with E-state index < -0.39 is 0 Å². The Morgan fingerprint density at radius 1 is 1.08 bits per heavy atom. The Morgan fingerprint density at radius 2 is 1.86 bits per heavy atom. The van der Waals surface area contributed by atoms with E-state index in [9.17, 15) is 14.5 Å². The smallest absolute Gasteiger partial charge is 0.295 e. The number of piperidine rings is 1. The average molecular weight is 489 g/mol. The Labute approximate surface area is 208 Å². The third kappa shape index (κ3) is 5.52. The summed E-state index contributed by atoms with van der Waals surface area (Å²) >= 11 is 0. The number of hydrogen-bond acceptors (Lipinski definition) is 6. The Morgan fingerprint density at radius 3 is 2.64 bits per heavy atom. The zero-order chi connectivity index (χ0) is 24.9. The highest BCUT2D eigenvalue weighted by Crippen LogP contribution is 2.26. The number of nitrogens with one attached hydrogen (secondary N) is 1. The minimum Gasteiger partial charge on any atom is -0.377 e. The zero-order valence-electron chi connectivity index (χ0n) is 20.0. The SMILES string of the molecule is O=[N+]([O-])c1ccncc1NCCN1CCC(Cc2nc3ccccc3n2Cc2ccc(F)cc2)CC1. The van der Waals surface area contributed by atoms with Gasteiger partial charge in [-0.25, -0.2) is 9.37 Å².